The molecule has 0 saturated carbocycles. The van der Waals surface area contributed by atoms with E-state index in [1.165, 1.54) is 0 Å². The lowest BCUT2D eigenvalue weighted by atomic mass is 9.89. The summed E-state index contributed by atoms with van der Waals surface area (Å²) in [7, 11) is 1.74. The highest BCUT2D eigenvalue weighted by atomic mass is 16.6. The van der Waals surface area contributed by atoms with E-state index in [9.17, 15) is 14.9 Å². The summed E-state index contributed by atoms with van der Waals surface area (Å²) in [6.45, 7) is 3.10. The van der Waals surface area contributed by atoms with Crippen molar-refractivity contribution in [2.75, 3.05) is 18.0 Å². The Balaban J connectivity index is 1.76. The molecule has 1 fully saturated rings. The number of anilines is 1. The number of ketones is 1. The first-order chi connectivity index (χ1) is 12.0. The van der Waals surface area contributed by atoms with Gasteiger partial charge in [-0.15, -0.1) is 0 Å². The topological polar surface area (TPSA) is 81.3 Å². The zero-order chi connectivity index (χ0) is 18.0. The van der Waals surface area contributed by atoms with Crippen LogP contribution in [-0.2, 0) is 13.5 Å². The van der Waals surface area contributed by atoms with E-state index in [0.29, 0.717) is 43.9 Å². The SMILES string of the molecule is CCc1nn(C)c(N2CCC(C(=O)c3ccccc3)CC2)c1[N+](=O)[O-]. The van der Waals surface area contributed by atoms with Crippen LogP contribution in [0.4, 0.5) is 11.5 Å². The summed E-state index contributed by atoms with van der Waals surface area (Å²) in [6.07, 6.45) is 1.90. The van der Waals surface area contributed by atoms with E-state index >= 15 is 0 Å². The van der Waals surface area contributed by atoms with Crippen molar-refractivity contribution < 1.29 is 9.72 Å². The fourth-order valence-corrected chi connectivity index (χ4v) is 3.53. The summed E-state index contributed by atoms with van der Waals surface area (Å²) in [4.78, 5) is 25.7. The molecule has 0 atom stereocenters. The third-order valence-electron chi connectivity index (χ3n) is 4.80. The van der Waals surface area contributed by atoms with Crippen LogP contribution in [0.25, 0.3) is 0 Å². The predicted molar refractivity (Wildman–Crippen MR) is 94.9 cm³/mol. The normalized spacial score (nSPS) is 15.4. The quantitative estimate of drug-likeness (QED) is 0.474. The van der Waals surface area contributed by atoms with Crippen molar-refractivity contribution in [3.8, 4) is 0 Å². The number of aryl methyl sites for hydroxylation is 2. The molecule has 0 amide bonds. The first kappa shape index (κ1) is 17.1. The summed E-state index contributed by atoms with van der Waals surface area (Å²) in [5, 5.41) is 15.8. The molecule has 1 aromatic carbocycles. The van der Waals surface area contributed by atoms with E-state index in [4.69, 9.17) is 0 Å². The molecule has 132 valence electrons. The van der Waals surface area contributed by atoms with Gasteiger partial charge < -0.3 is 4.90 Å². The fraction of sp³-hybridized carbons (Fsp3) is 0.444. The lowest BCUT2D eigenvalue weighted by Gasteiger charge is -2.32. The molecule has 0 N–H and O–H groups in total. The van der Waals surface area contributed by atoms with Gasteiger partial charge in [-0.2, -0.15) is 5.10 Å². The Morgan fingerprint density at radius 3 is 2.48 bits per heavy atom. The van der Waals surface area contributed by atoms with Crippen LogP contribution in [0.2, 0.25) is 0 Å². The van der Waals surface area contributed by atoms with Crippen molar-refractivity contribution in [3.05, 3.63) is 51.7 Å². The zero-order valence-electron chi connectivity index (χ0n) is 14.5. The van der Waals surface area contributed by atoms with Gasteiger partial charge in [0.1, 0.15) is 5.69 Å². The van der Waals surface area contributed by atoms with Crippen molar-refractivity contribution in [2.24, 2.45) is 13.0 Å². The molecule has 0 bridgehead atoms. The monoisotopic (exact) mass is 342 g/mol. The second kappa shape index (κ2) is 7.04. The summed E-state index contributed by atoms with van der Waals surface area (Å²) in [5.74, 6) is 0.679. The summed E-state index contributed by atoms with van der Waals surface area (Å²) in [6, 6.07) is 9.32. The lowest BCUT2D eigenvalue weighted by molar-refractivity contribution is -0.384. The van der Waals surface area contributed by atoms with Gasteiger partial charge in [-0.05, 0) is 19.3 Å². The summed E-state index contributed by atoms with van der Waals surface area (Å²) < 4.78 is 1.59. The maximum Gasteiger partial charge on any atom is 0.334 e. The third-order valence-corrected chi connectivity index (χ3v) is 4.80. The average Bonchev–Trinajstić information content (AvgIpc) is 2.98. The van der Waals surface area contributed by atoms with Gasteiger partial charge in [-0.3, -0.25) is 14.9 Å². The number of hydrogen-bond acceptors (Lipinski definition) is 5. The summed E-state index contributed by atoms with van der Waals surface area (Å²) >= 11 is 0. The molecule has 25 heavy (non-hydrogen) atoms. The molecule has 3 rings (SSSR count). The van der Waals surface area contributed by atoms with Gasteiger partial charge in [0.15, 0.2) is 5.78 Å². The highest BCUT2D eigenvalue weighted by Crippen LogP contribution is 2.34. The number of aromatic nitrogens is 2. The van der Waals surface area contributed by atoms with Gasteiger partial charge in [0.25, 0.3) is 0 Å². The molecule has 0 radical (unpaired) electrons. The minimum absolute atomic E-state index is 0.0309. The van der Waals surface area contributed by atoms with E-state index in [0.717, 1.165) is 5.56 Å². The minimum atomic E-state index is -0.345. The number of benzene rings is 1. The Kier molecular flexibility index (Phi) is 4.83. The van der Waals surface area contributed by atoms with Crippen LogP contribution in [0, 0.1) is 16.0 Å². The molecule has 2 aromatic rings. The van der Waals surface area contributed by atoms with E-state index in [1.807, 2.05) is 42.2 Å². The van der Waals surface area contributed by atoms with Gasteiger partial charge in [0.2, 0.25) is 5.82 Å². The third kappa shape index (κ3) is 3.26. The maximum atomic E-state index is 12.6. The molecule has 1 saturated heterocycles. The molecular weight excluding hydrogens is 320 g/mol. The van der Waals surface area contributed by atoms with Crippen LogP contribution in [0.5, 0.6) is 0 Å². The highest BCUT2D eigenvalue weighted by molar-refractivity contribution is 5.98. The van der Waals surface area contributed by atoms with Gasteiger partial charge in [0, 0.05) is 31.6 Å². The van der Waals surface area contributed by atoms with Crippen molar-refractivity contribution in [1.82, 2.24) is 9.78 Å². The molecule has 0 spiro atoms. The van der Waals surface area contributed by atoms with Crippen molar-refractivity contribution >= 4 is 17.3 Å². The molecule has 7 heteroatoms. The number of nitrogens with zero attached hydrogens (tertiary/aromatic N) is 4. The fourth-order valence-electron chi connectivity index (χ4n) is 3.53. The Morgan fingerprint density at radius 1 is 1.28 bits per heavy atom. The number of hydrogen-bond donors (Lipinski definition) is 0. The van der Waals surface area contributed by atoms with Crippen LogP contribution in [0.3, 0.4) is 0 Å². The van der Waals surface area contributed by atoms with Gasteiger partial charge >= 0.3 is 5.69 Å². The second-order valence-corrected chi connectivity index (χ2v) is 6.34. The Bertz CT molecular complexity index is 777. The van der Waals surface area contributed by atoms with Crippen molar-refractivity contribution in [3.63, 3.8) is 0 Å². The predicted octanol–water partition coefficient (Wildman–Crippen LogP) is 2.99. The number of Topliss-reactive ketones (excluding diaryl/α,β-unsaturated/α-hetero) is 1. The Hall–Kier alpha value is -2.70. The van der Waals surface area contributed by atoms with Crippen LogP contribution < -0.4 is 4.90 Å². The van der Waals surface area contributed by atoms with E-state index in [1.54, 1.807) is 11.7 Å². The standard InChI is InChI=1S/C18H22N4O3/c1-3-15-16(22(24)25)18(20(2)19-15)21-11-9-14(10-12-21)17(23)13-7-5-4-6-8-13/h4-8,14H,3,9-12H2,1-2H3. The van der Waals surface area contributed by atoms with Crippen molar-refractivity contribution in [2.45, 2.75) is 26.2 Å². The first-order valence-corrected chi connectivity index (χ1v) is 8.57. The molecule has 2 heterocycles. The summed E-state index contributed by atoms with van der Waals surface area (Å²) in [5.41, 5.74) is 1.34. The highest BCUT2D eigenvalue weighted by Gasteiger charge is 2.33. The average molecular weight is 342 g/mol. The van der Waals surface area contributed by atoms with Gasteiger partial charge in [0.05, 0.1) is 4.92 Å². The van der Waals surface area contributed by atoms with Gasteiger partial charge in [-0.1, -0.05) is 37.3 Å². The molecule has 1 aliphatic rings. The van der Waals surface area contributed by atoms with Crippen LogP contribution >= 0.6 is 0 Å². The molecule has 0 unspecified atom stereocenters. The second-order valence-electron chi connectivity index (χ2n) is 6.34. The zero-order valence-corrected chi connectivity index (χ0v) is 14.5. The van der Waals surface area contributed by atoms with E-state index < -0.39 is 0 Å². The van der Waals surface area contributed by atoms with E-state index in [-0.39, 0.29) is 22.3 Å². The number of carbonyl (C=O) groups excluding carboxylic acids is 1. The number of rotatable bonds is 5. The van der Waals surface area contributed by atoms with Crippen LogP contribution in [0.1, 0.15) is 35.8 Å². The Labute approximate surface area is 146 Å². The van der Waals surface area contributed by atoms with Crippen LogP contribution in [-0.4, -0.2) is 33.6 Å². The first-order valence-electron chi connectivity index (χ1n) is 8.57. The molecule has 1 aromatic heterocycles. The molecule has 7 nitrogen and oxygen atoms in total. The molecule has 0 aliphatic carbocycles. The minimum Gasteiger partial charge on any atom is -0.351 e. The number of nitro groups is 1. The molecular formula is C18H22N4O3. The lowest BCUT2D eigenvalue weighted by Crippen LogP contribution is -2.37. The van der Waals surface area contributed by atoms with Crippen LogP contribution in [0.15, 0.2) is 30.3 Å². The van der Waals surface area contributed by atoms with Crippen molar-refractivity contribution in [1.29, 1.82) is 0 Å². The molecule has 1 aliphatic heterocycles. The maximum absolute atomic E-state index is 12.6. The number of piperidine rings is 1. The van der Waals surface area contributed by atoms with E-state index in [2.05, 4.69) is 5.10 Å². The smallest absolute Gasteiger partial charge is 0.334 e. The van der Waals surface area contributed by atoms with Gasteiger partial charge in [-0.25, -0.2) is 4.68 Å². The number of carbonyl (C=O) groups is 1. The largest absolute Gasteiger partial charge is 0.351 e. The Morgan fingerprint density at radius 2 is 1.92 bits per heavy atom.